The van der Waals surface area contributed by atoms with Gasteiger partial charge >= 0.3 is 5.69 Å². The summed E-state index contributed by atoms with van der Waals surface area (Å²) in [6, 6.07) is 1.72. The Labute approximate surface area is 174 Å². The quantitative estimate of drug-likeness (QED) is 0.723. The maximum Gasteiger partial charge on any atom is 0.329 e. The van der Waals surface area contributed by atoms with E-state index in [9.17, 15) is 14.4 Å². The van der Waals surface area contributed by atoms with Crippen molar-refractivity contribution in [1.82, 2.24) is 24.8 Å². The second-order valence-corrected chi connectivity index (χ2v) is 8.67. The van der Waals surface area contributed by atoms with Gasteiger partial charge in [0.15, 0.2) is 5.65 Å². The first kappa shape index (κ1) is 20.7. The number of carbonyl (C=O) groups excluding carboxylic acids is 1. The molecular weight excluding hydrogens is 386 g/mol. The number of aromatic amines is 1. The van der Waals surface area contributed by atoms with Crippen LogP contribution in [0.3, 0.4) is 0 Å². The molecule has 1 amide bonds. The monoisotopic (exact) mass is 415 g/mol. The normalized spacial score (nSPS) is 18.0. The van der Waals surface area contributed by atoms with Gasteiger partial charge in [0.2, 0.25) is 0 Å². The number of pyridine rings is 1. The van der Waals surface area contributed by atoms with Crippen LogP contribution in [-0.2, 0) is 11.3 Å². The van der Waals surface area contributed by atoms with Crippen LogP contribution in [0.25, 0.3) is 11.0 Å². The van der Waals surface area contributed by atoms with E-state index in [-0.39, 0.29) is 34.0 Å². The first-order valence-electron chi connectivity index (χ1n) is 10.6. The molecule has 0 aromatic carbocycles. The number of hydrogen-bond donors (Lipinski definition) is 2. The molecule has 2 aromatic heterocycles. The molecule has 2 fully saturated rings. The molecule has 1 saturated heterocycles. The zero-order valence-corrected chi connectivity index (χ0v) is 17.8. The number of nitrogens with one attached hydrogen (secondary N) is 2. The molecule has 1 saturated carbocycles. The summed E-state index contributed by atoms with van der Waals surface area (Å²) in [6.45, 7) is 9.76. The highest BCUT2D eigenvalue weighted by molar-refractivity contribution is 6.05. The molecule has 0 spiro atoms. The molecule has 1 aliphatic carbocycles. The Hall–Kier alpha value is -2.52. The topological polar surface area (TPSA) is 109 Å². The third kappa shape index (κ3) is 3.91. The van der Waals surface area contributed by atoms with Gasteiger partial charge in [-0.25, -0.2) is 9.78 Å². The Bertz CT molecular complexity index is 1080. The number of H-pyrrole nitrogens is 1. The van der Waals surface area contributed by atoms with E-state index in [0.29, 0.717) is 26.3 Å². The average Bonchev–Trinajstić information content (AvgIpc) is 3.57. The summed E-state index contributed by atoms with van der Waals surface area (Å²) in [5, 5.41) is 3.17. The summed E-state index contributed by atoms with van der Waals surface area (Å²) in [7, 11) is 0. The van der Waals surface area contributed by atoms with E-state index < -0.39 is 11.2 Å². The zero-order chi connectivity index (χ0) is 21.5. The lowest BCUT2D eigenvalue weighted by molar-refractivity contribution is -0.00922. The van der Waals surface area contributed by atoms with Crippen molar-refractivity contribution in [3.05, 3.63) is 38.2 Å². The van der Waals surface area contributed by atoms with E-state index in [0.717, 1.165) is 31.6 Å². The Morgan fingerprint density at radius 2 is 2.00 bits per heavy atom. The van der Waals surface area contributed by atoms with Crippen LogP contribution >= 0.6 is 0 Å². The van der Waals surface area contributed by atoms with Gasteiger partial charge in [0, 0.05) is 43.3 Å². The van der Waals surface area contributed by atoms with Crippen molar-refractivity contribution in [1.29, 1.82) is 0 Å². The van der Waals surface area contributed by atoms with Crippen LogP contribution in [0, 0.1) is 0 Å². The molecule has 2 N–H and O–H groups in total. The molecule has 0 radical (unpaired) electrons. The van der Waals surface area contributed by atoms with E-state index in [1.807, 2.05) is 6.92 Å². The predicted octanol–water partition coefficient (Wildman–Crippen LogP) is 0.823. The molecule has 3 heterocycles. The second kappa shape index (κ2) is 7.96. The van der Waals surface area contributed by atoms with Crippen LogP contribution in [0.4, 0.5) is 0 Å². The molecule has 9 nitrogen and oxygen atoms in total. The van der Waals surface area contributed by atoms with Gasteiger partial charge in [0.25, 0.3) is 11.5 Å². The van der Waals surface area contributed by atoms with Crippen LogP contribution in [-0.4, -0.2) is 63.7 Å². The number of rotatable bonds is 6. The van der Waals surface area contributed by atoms with E-state index in [1.54, 1.807) is 6.07 Å². The lowest BCUT2D eigenvalue weighted by atomic mass is 10.0. The van der Waals surface area contributed by atoms with Crippen molar-refractivity contribution in [3.63, 3.8) is 0 Å². The number of carbonyl (C=O) groups is 1. The number of aryl methyl sites for hydroxylation is 1. The Morgan fingerprint density at radius 1 is 1.30 bits per heavy atom. The van der Waals surface area contributed by atoms with Crippen LogP contribution in [0.15, 0.2) is 15.7 Å². The highest BCUT2D eigenvalue weighted by Gasteiger charge is 2.31. The SMILES string of the molecule is CCn1c(=O)[nH]c(=O)c2c(C(=O)NCC(C)(C)N3CCOCC3)cc(C3CC3)nc21. The molecule has 2 aromatic rings. The summed E-state index contributed by atoms with van der Waals surface area (Å²) >= 11 is 0. The second-order valence-electron chi connectivity index (χ2n) is 8.67. The van der Waals surface area contributed by atoms with E-state index in [2.05, 4.69) is 34.0 Å². The number of morpholine rings is 1. The maximum atomic E-state index is 13.2. The van der Waals surface area contributed by atoms with E-state index >= 15 is 0 Å². The molecule has 0 atom stereocenters. The first-order chi connectivity index (χ1) is 14.3. The molecule has 0 unspecified atom stereocenters. The van der Waals surface area contributed by atoms with Crippen molar-refractivity contribution in [2.24, 2.45) is 0 Å². The average molecular weight is 415 g/mol. The van der Waals surface area contributed by atoms with E-state index in [1.165, 1.54) is 4.57 Å². The van der Waals surface area contributed by atoms with Gasteiger partial charge in [-0.05, 0) is 39.7 Å². The van der Waals surface area contributed by atoms with Crippen molar-refractivity contribution in [3.8, 4) is 0 Å². The maximum absolute atomic E-state index is 13.2. The highest BCUT2D eigenvalue weighted by atomic mass is 16.5. The van der Waals surface area contributed by atoms with Gasteiger partial charge in [0.05, 0.1) is 24.2 Å². The number of nitrogens with zero attached hydrogens (tertiary/aromatic N) is 3. The summed E-state index contributed by atoms with van der Waals surface area (Å²) in [4.78, 5) is 47.3. The minimum atomic E-state index is -0.577. The third-order valence-corrected chi connectivity index (χ3v) is 6.07. The van der Waals surface area contributed by atoms with Crippen molar-refractivity contribution < 1.29 is 9.53 Å². The van der Waals surface area contributed by atoms with Crippen molar-refractivity contribution in [2.75, 3.05) is 32.8 Å². The summed E-state index contributed by atoms with van der Waals surface area (Å²) < 4.78 is 6.84. The summed E-state index contributed by atoms with van der Waals surface area (Å²) in [5.41, 5.74) is 0.00514. The van der Waals surface area contributed by atoms with Gasteiger partial charge < -0.3 is 10.1 Å². The highest BCUT2D eigenvalue weighted by Crippen LogP contribution is 2.39. The van der Waals surface area contributed by atoms with Crippen LogP contribution < -0.4 is 16.6 Å². The minimum absolute atomic E-state index is 0.169. The smallest absolute Gasteiger partial charge is 0.329 e. The number of aromatic nitrogens is 3. The minimum Gasteiger partial charge on any atom is -0.379 e. The lowest BCUT2D eigenvalue weighted by Gasteiger charge is -2.40. The molecule has 0 bridgehead atoms. The van der Waals surface area contributed by atoms with Crippen molar-refractivity contribution >= 4 is 16.9 Å². The number of fused-ring (bicyclic) bond motifs is 1. The number of hydrogen-bond acceptors (Lipinski definition) is 6. The van der Waals surface area contributed by atoms with Crippen molar-refractivity contribution in [2.45, 2.75) is 51.6 Å². The molecule has 1 aliphatic heterocycles. The van der Waals surface area contributed by atoms with Crippen LogP contribution in [0.1, 0.15) is 55.6 Å². The Morgan fingerprint density at radius 3 is 2.63 bits per heavy atom. The molecule has 9 heteroatoms. The van der Waals surface area contributed by atoms with Gasteiger partial charge in [-0.1, -0.05) is 0 Å². The Balaban J connectivity index is 1.69. The van der Waals surface area contributed by atoms with Gasteiger partial charge in [-0.2, -0.15) is 0 Å². The summed E-state index contributed by atoms with van der Waals surface area (Å²) in [5.74, 6) is -0.0390. The molecule has 162 valence electrons. The van der Waals surface area contributed by atoms with Crippen LogP contribution in [0.5, 0.6) is 0 Å². The fourth-order valence-corrected chi connectivity index (χ4v) is 4.03. The van der Waals surface area contributed by atoms with Gasteiger partial charge in [-0.3, -0.25) is 24.0 Å². The third-order valence-electron chi connectivity index (χ3n) is 6.07. The Kier molecular flexibility index (Phi) is 5.50. The van der Waals surface area contributed by atoms with Crippen LogP contribution in [0.2, 0.25) is 0 Å². The van der Waals surface area contributed by atoms with E-state index in [4.69, 9.17) is 4.74 Å². The predicted molar refractivity (Wildman–Crippen MR) is 113 cm³/mol. The molecular formula is C21H29N5O4. The number of ether oxygens (including phenoxy) is 1. The standard InChI is InChI=1S/C21H29N5O4/c1-4-26-17-16(19(28)24-20(26)29)14(11-15(23-17)13-5-6-13)18(27)22-12-21(2,3)25-7-9-30-10-8-25/h11,13H,4-10,12H2,1-3H3,(H,22,27)(H,24,28,29). The first-order valence-corrected chi connectivity index (χ1v) is 10.6. The summed E-state index contributed by atoms with van der Waals surface area (Å²) in [6.07, 6.45) is 2.01. The fraction of sp³-hybridized carbons (Fsp3) is 0.619. The largest absolute Gasteiger partial charge is 0.379 e. The number of amides is 1. The van der Waals surface area contributed by atoms with Gasteiger partial charge in [0.1, 0.15) is 0 Å². The molecule has 30 heavy (non-hydrogen) atoms. The molecule has 2 aliphatic rings. The molecule has 4 rings (SSSR count). The lowest BCUT2D eigenvalue weighted by Crippen LogP contribution is -2.55. The zero-order valence-electron chi connectivity index (χ0n) is 17.8. The fourth-order valence-electron chi connectivity index (χ4n) is 4.03. The van der Waals surface area contributed by atoms with Gasteiger partial charge in [-0.15, -0.1) is 0 Å².